The SMILES string of the molecule is O=C(NCCN1CCOCC1)c1cccc(N2CCOCC2)c1. The molecular weight excluding hydrogens is 294 g/mol. The number of hydrogen-bond acceptors (Lipinski definition) is 5. The van der Waals surface area contributed by atoms with Crippen LogP contribution < -0.4 is 10.2 Å². The maximum Gasteiger partial charge on any atom is 0.251 e. The second-order valence-corrected chi connectivity index (χ2v) is 5.86. The molecule has 2 saturated heterocycles. The van der Waals surface area contributed by atoms with Gasteiger partial charge in [-0.15, -0.1) is 0 Å². The minimum Gasteiger partial charge on any atom is -0.379 e. The molecule has 0 saturated carbocycles. The molecule has 2 aliphatic rings. The van der Waals surface area contributed by atoms with E-state index >= 15 is 0 Å². The largest absolute Gasteiger partial charge is 0.379 e. The van der Waals surface area contributed by atoms with Crippen LogP contribution in [-0.2, 0) is 9.47 Å². The van der Waals surface area contributed by atoms with E-state index in [-0.39, 0.29) is 5.91 Å². The number of rotatable bonds is 5. The van der Waals surface area contributed by atoms with Gasteiger partial charge in [-0.2, -0.15) is 0 Å². The number of nitrogens with zero attached hydrogens (tertiary/aromatic N) is 2. The predicted octanol–water partition coefficient (Wildman–Crippen LogP) is 0.585. The molecule has 1 aromatic rings. The lowest BCUT2D eigenvalue weighted by molar-refractivity contribution is 0.0383. The van der Waals surface area contributed by atoms with Gasteiger partial charge in [0.2, 0.25) is 0 Å². The molecule has 0 aliphatic carbocycles. The summed E-state index contributed by atoms with van der Waals surface area (Å²) in [6.07, 6.45) is 0. The van der Waals surface area contributed by atoms with Gasteiger partial charge in [0.25, 0.3) is 5.91 Å². The Morgan fingerprint density at radius 2 is 1.74 bits per heavy atom. The number of amides is 1. The third kappa shape index (κ3) is 4.67. The summed E-state index contributed by atoms with van der Waals surface area (Å²) in [7, 11) is 0. The molecule has 0 unspecified atom stereocenters. The lowest BCUT2D eigenvalue weighted by atomic mass is 10.1. The molecule has 2 heterocycles. The van der Waals surface area contributed by atoms with Gasteiger partial charge >= 0.3 is 0 Å². The van der Waals surface area contributed by atoms with Crippen LogP contribution >= 0.6 is 0 Å². The van der Waals surface area contributed by atoms with Gasteiger partial charge in [-0.25, -0.2) is 0 Å². The second kappa shape index (κ2) is 8.29. The third-order valence-corrected chi connectivity index (χ3v) is 4.30. The van der Waals surface area contributed by atoms with Crippen molar-refractivity contribution in [2.75, 3.05) is 70.6 Å². The van der Waals surface area contributed by atoms with Gasteiger partial charge in [-0.3, -0.25) is 9.69 Å². The van der Waals surface area contributed by atoms with Crippen LogP contribution in [0.1, 0.15) is 10.4 Å². The topological polar surface area (TPSA) is 54.0 Å². The number of hydrogen-bond donors (Lipinski definition) is 1. The average molecular weight is 319 g/mol. The number of carbonyl (C=O) groups is 1. The summed E-state index contributed by atoms with van der Waals surface area (Å²) in [6, 6.07) is 7.83. The molecule has 0 aromatic heterocycles. The lowest BCUT2D eigenvalue weighted by Gasteiger charge is -2.29. The summed E-state index contributed by atoms with van der Waals surface area (Å²) >= 11 is 0. The summed E-state index contributed by atoms with van der Waals surface area (Å²) in [5.74, 6) is -0.00614. The quantitative estimate of drug-likeness (QED) is 0.861. The molecule has 1 aromatic carbocycles. The van der Waals surface area contributed by atoms with E-state index in [1.54, 1.807) is 0 Å². The Labute approximate surface area is 137 Å². The molecule has 0 spiro atoms. The van der Waals surface area contributed by atoms with Crippen molar-refractivity contribution in [1.82, 2.24) is 10.2 Å². The summed E-state index contributed by atoms with van der Waals surface area (Å²) in [4.78, 5) is 16.9. The first-order valence-corrected chi connectivity index (χ1v) is 8.34. The second-order valence-electron chi connectivity index (χ2n) is 5.86. The molecule has 126 valence electrons. The Kier molecular flexibility index (Phi) is 5.85. The standard InChI is InChI=1S/C17H25N3O3/c21-17(18-4-5-19-6-10-22-11-7-19)15-2-1-3-16(14-15)20-8-12-23-13-9-20/h1-3,14H,4-13H2,(H,18,21). The van der Waals surface area contributed by atoms with Crippen molar-refractivity contribution in [3.8, 4) is 0 Å². The van der Waals surface area contributed by atoms with Crippen molar-refractivity contribution in [3.05, 3.63) is 29.8 Å². The van der Waals surface area contributed by atoms with Gasteiger partial charge in [0, 0.05) is 50.5 Å². The van der Waals surface area contributed by atoms with Crippen LogP contribution in [0.5, 0.6) is 0 Å². The van der Waals surface area contributed by atoms with E-state index < -0.39 is 0 Å². The third-order valence-electron chi connectivity index (χ3n) is 4.30. The Balaban J connectivity index is 1.50. The Morgan fingerprint density at radius 3 is 2.48 bits per heavy atom. The highest BCUT2D eigenvalue weighted by molar-refractivity contribution is 5.95. The first kappa shape index (κ1) is 16.2. The van der Waals surface area contributed by atoms with E-state index in [0.29, 0.717) is 6.54 Å². The number of morpholine rings is 2. The molecule has 23 heavy (non-hydrogen) atoms. The van der Waals surface area contributed by atoms with Crippen LogP contribution in [0, 0.1) is 0 Å². The lowest BCUT2D eigenvalue weighted by Crippen LogP contribution is -2.41. The number of carbonyl (C=O) groups excluding carboxylic acids is 1. The smallest absolute Gasteiger partial charge is 0.251 e. The van der Waals surface area contributed by atoms with Crippen LogP contribution in [-0.4, -0.2) is 76.5 Å². The number of anilines is 1. The summed E-state index contributed by atoms with van der Waals surface area (Å²) in [5, 5.41) is 3.01. The zero-order valence-electron chi connectivity index (χ0n) is 13.5. The molecule has 0 bridgehead atoms. The minimum absolute atomic E-state index is 0.00614. The van der Waals surface area contributed by atoms with Crippen LogP contribution in [0.3, 0.4) is 0 Å². The monoisotopic (exact) mass is 319 g/mol. The van der Waals surface area contributed by atoms with Crippen LogP contribution in [0.15, 0.2) is 24.3 Å². The first-order chi connectivity index (χ1) is 11.3. The van der Waals surface area contributed by atoms with Crippen molar-refractivity contribution in [3.63, 3.8) is 0 Å². The highest BCUT2D eigenvalue weighted by Crippen LogP contribution is 2.17. The van der Waals surface area contributed by atoms with Gasteiger partial charge in [0.15, 0.2) is 0 Å². The van der Waals surface area contributed by atoms with E-state index in [0.717, 1.165) is 70.4 Å². The van der Waals surface area contributed by atoms with E-state index in [1.807, 2.05) is 18.2 Å². The molecule has 6 nitrogen and oxygen atoms in total. The summed E-state index contributed by atoms with van der Waals surface area (Å²) in [6.45, 7) is 8.25. The Hall–Kier alpha value is -1.63. The van der Waals surface area contributed by atoms with Crippen molar-refractivity contribution >= 4 is 11.6 Å². The van der Waals surface area contributed by atoms with E-state index in [4.69, 9.17) is 9.47 Å². The maximum absolute atomic E-state index is 12.3. The fourth-order valence-electron chi connectivity index (χ4n) is 2.92. The van der Waals surface area contributed by atoms with Gasteiger partial charge in [-0.05, 0) is 18.2 Å². The maximum atomic E-state index is 12.3. The molecule has 3 rings (SSSR count). The molecular formula is C17H25N3O3. The predicted molar refractivity (Wildman–Crippen MR) is 89.1 cm³/mol. The Bertz CT molecular complexity index is 512. The zero-order chi connectivity index (χ0) is 15.9. The molecule has 2 fully saturated rings. The molecule has 0 radical (unpaired) electrons. The van der Waals surface area contributed by atoms with E-state index in [9.17, 15) is 4.79 Å². The minimum atomic E-state index is -0.00614. The van der Waals surface area contributed by atoms with Crippen LogP contribution in [0.25, 0.3) is 0 Å². The highest BCUT2D eigenvalue weighted by Gasteiger charge is 2.14. The number of ether oxygens (including phenoxy) is 2. The molecule has 6 heteroatoms. The molecule has 2 aliphatic heterocycles. The van der Waals surface area contributed by atoms with Gasteiger partial charge in [-0.1, -0.05) is 6.07 Å². The highest BCUT2D eigenvalue weighted by atomic mass is 16.5. The fraction of sp³-hybridized carbons (Fsp3) is 0.588. The molecule has 0 atom stereocenters. The van der Waals surface area contributed by atoms with E-state index in [2.05, 4.69) is 21.2 Å². The number of nitrogens with one attached hydrogen (secondary N) is 1. The van der Waals surface area contributed by atoms with Gasteiger partial charge in [0.05, 0.1) is 26.4 Å². The van der Waals surface area contributed by atoms with Gasteiger partial charge < -0.3 is 19.7 Å². The van der Waals surface area contributed by atoms with Crippen molar-refractivity contribution < 1.29 is 14.3 Å². The first-order valence-electron chi connectivity index (χ1n) is 8.34. The van der Waals surface area contributed by atoms with Crippen molar-refractivity contribution in [1.29, 1.82) is 0 Å². The van der Waals surface area contributed by atoms with Crippen LogP contribution in [0.4, 0.5) is 5.69 Å². The van der Waals surface area contributed by atoms with Crippen LogP contribution in [0.2, 0.25) is 0 Å². The fourth-order valence-corrected chi connectivity index (χ4v) is 2.92. The molecule has 1 N–H and O–H groups in total. The zero-order valence-corrected chi connectivity index (χ0v) is 13.5. The number of benzene rings is 1. The average Bonchev–Trinajstić information content (AvgIpc) is 2.63. The van der Waals surface area contributed by atoms with Crippen molar-refractivity contribution in [2.45, 2.75) is 0 Å². The van der Waals surface area contributed by atoms with Gasteiger partial charge in [0.1, 0.15) is 0 Å². The van der Waals surface area contributed by atoms with E-state index in [1.165, 1.54) is 0 Å². The summed E-state index contributed by atoms with van der Waals surface area (Å²) < 4.78 is 10.7. The van der Waals surface area contributed by atoms with Crippen molar-refractivity contribution in [2.24, 2.45) is 0 Å². The normalized spacial score (nSPS) is 19.6. The Morgan fingerprint density at radius 1 is 1.04 bits per heavy atom. The summed E-state index contributed by atoms with van der Waals surface area (Å²) in [5.41, 5.74) is 1.81. The molecule has 1 amide bonds.